The fourth-order valence-electron chi connectivity index (χ4n) is 3.48. The number of benzene rings is 1. The molecule has 1 aliphatic carbocycles. The molecule has 0 aliphatic heterocycles. The molecule has 5 heteroatoms. The van der Waals surface area contributed by atoms with Gasteiger partial charge in [0, 0.05) is 13.1 Å². The molecular weight excluding hydrogens is 318 g/mol. The van der Waals surface area contributed by atoms with Gasteiger partial charge in [-0.15, -0.1) is 11.3 Å². The standard InChI is InChI=1S/C19H25N3OS/c1-12(17(20)14-8-5-4-6-9-14)19(23)22(3)16-11-7-10-15-18(16)24-13(2)21-15/h4-6,8-9,12,16-17H,7,10-11,20H2,1-3H3. The van der Waals surface area contributed by atoms with Crippen molar-refractivity contribution in [2.75, 3.05) is 7.05 Å². The summed E-state index contributed by atoms with van der Waals surface area (Å²) < 4.78 is 0. The largest absolute Gasteiger partial charge is 0.338 e. The Labute approximate surface area is 147 Å². The van der Waals surface area contributed by atoms with Crippen molar-refractivity contribution < 1.29 is 4.79 Å². The van der Waals surface area contributed by atoms with E-state index in [-0.39, 0.29) is 23.9 Å². The van der Waals surface area contributed by atoms with E-state index in [1.54, 1.807) is 11.3 Å². The summed E-state index contributed by atoms with van der Waals surface area (Å²) in [6.45, 7) is 3.97. The van der Waals surface area contributed by atoms with Crippen molar-refractivity contribution in [2.24, 2.45) is 11.7 Å². The fraction of sp³-hybridized carbons (Fsp3) is 0.474. The number of thiazole rings is 1. The Hall–Kier alpha value is -1.72. The molecule has 0 spiro atoms. The SMILES string of the molecule is Cc1nc2c(s1)C(N(C)C(=O)C(C)C(N)c1ccccc1)CCC2. The summed E-state index contributed by atoms with van der Waals surface area (Å²) in [5, 5.41) is 1.08. The normalized spacial score (nSPS) is 19.4. The van der Waals surface area contributed by atoms with Crippen molar-refractivity contribution in [2.45, 2.75) is 45.2 Å². The highest BCUT2D eigenvalue weighted by molar-refractivity contribution is 7.11. The summed E-state index contributed by atoms with van der Waals surface area (Å²) >= 11 is 1.72. The van der Waals surface area contributed by atoms with Crippen LogP contribution in [0.2, 0.25) is 0 Å². The number of rotatable bonds is 4. The average molecular weight is 343 g/mol. The van der Waals surface area contributed by atoms with Crippen LogP contribution in [0.25, 0.3) is 0 Å². The molecule has 2 aromatic rings. The molecule has 1 aromatic heterocycles. The minimum Gasteiger partial charge on any atom is -0.338 e. The quantitative estimate of drug-likeness (QED) is 0.922. The van der Waals surface area contributed by atoms with E-state index in [4.69, 9.17) is 5.73 Å². The van der Waals surface area contributed by atoms with E-state index in [0.717, 1.165) is 29.8 Å². The summed E-state index contributed by atoms with van der Waals surface area (Å²) in [4.78, 5) is 20.8. The van der Waals surface area contributed by atoms with Crippen molar-refractivity contribution in [3.63, 3.8) is 0 Å². The van der Waals surface area contributed by atoms with Gasteiger partial charge in [-0.1, -0.05) is 37.3 Å². The van der Waals surface area contributed by atoms with E-state index in [0.29, 0.717) is 0 Å². The van der Waals surface area contributed by atoms with Gasteiger partial charge in [-0.25, -0.2) is 4.98 Å². The third-order valence-corrected chi connectivity index (χ3v) is 6.07. The number of carbonyl (C=O) groups excluding carboxylic acids is 1. The van der Waals surface area contributed by atoms with Crippen LogP contribution in [-0.4, -0.2) is 22.8 Å². The molecule has 3 atom stereocenters. The van der Waals surface area contributed by atoms with Gasteiger partial charge >= 0.3 is 0 Å². The number of hydrogen-bond acceptors (Lipinski definition) is 4. The van der Waals surface area contributed by atoms with Gasteiger partial charge in [-0.3, -0.25) is 4.79 Å². The second kappa shape index (κ2) is 7.03. The zero-order chi connectivity index (χ0) is 17.3. The van der Waals surface area contributed by atoms with Gasteiger partial charge in [-0.05, 0) is 31.7 Å². The number of nitrogens with two attached hydrogens (primary N) is 1. The number of amides is 1. The number of aromatic nitrogens is 1. The molecule has 1 amide bonds. The first-order valence-corrected chi connectivity index (χ1v) is 9.34. The monoisotopic (exact) mass is 343 g/mol. The van der Waals surface area contributed by atoms with Crippen molar-refractivity contribution in [1.82, 2.24) is 9.88 Å². The molecule has 1 aliphatic rings. The van der Waals surface area contributed by atoms with Gasteiger partial charge < -0.3 is 10.6 Å². The van der Waals surface area contributed by atoms with Crippen molar-refractivity contribution in [1.29, 1.82) is 0 Å². The highest BCUT2D eigenvalue weighted by Gasteiger charge is 2.33. The van der Waals surface area contributed by atoms with Crippen molar-refractivity contribution in [3.05, 3.63) is 51.5 Å². The highest BCUT2D eigenvalue weighted by atomic mass is 32.1. The number of nitrogens with zero attached hydrogens (tertiary/aromatic N) is 2. The van der Waals surface area contributed by atoms with Crippen LogP contribution in [0.1, 0.15) is 53.0 Å². The predicted molar refractivity (Wildman–Crippen MR) is 97.8 cm³/mol. The number of hydrogen-bond donors (Lipinski definition) is 1. The lowest BCUT2D eigenvalue weighted by molar-refractivity contribution is -0.136. The Bertz CT molecular complexity index is 713. The minimum atomic E-state index is -0.285. The molecule has 2 N–H and O–H groups in total. The minimum absolute atomic E-state index is 0.107. The van der Waals surface area contributed by atoms with Crippen molar-refractivity contribution >= 4 is 17.2 Å². The van der Waals surface area contributed by atoms with E-state index in [1.807, 2.05) is 56.1 Å². The number of carbonyl (C=O) groups is 1. The molecule has 0 fully saturated rings. The topological polar surface area (TPSA) is 59.2 Å². The molecule has 0 saturated carbocycles. The predicted octanol–water partition coefficient (Wildman–Crippen LogP) is 3.62. The number of fused-ring (bicyclic) bond motifs is 1. The molecule has 0 radical (unpaired) electrons. The summed E-state index contributed by atoms with van der Waals surface area (Å²) in [5.41, 5.74) is 8.53. The van der Waals surface area contributed by atoms with Crippen LogP contribution < -0.4 is 5.73 Å². The third kappa shape index (κ3) is 3.23. The van der Waals surface area contributed by atoms with E-state index in [9.17, 15) is 4.79 Å². The van der Waals surface area contributed by atoms with Crippen LogP contribution in [0.4, 0.5) is 0 Å². The van der Waals surface area contributed by atoms with Crippen LogP contribution in [0, 0.1) is 12.8 Å². The second-order valence-electron chi connectivity index (χ2n) is 6.63. The van der Waals surface area contributed by atoms with Crippen molar-refractivity contribution in [3.8, 4) is 0 Å². The van der Waals surface area contributed by atoms with E-state index < -0.39 is 0 Å². The van der Waals surface area contributed by atoms with Crippen LogP contribution in [-0.2, 0) is 11.2 Å². The first-order valence-electron chi connectivity index (χ1n) is 8.52. The zero-order valence-corrected chi connectivity index (χ0v) is 15.3. The second-order valence-corrected chi connectivity index (χ2v) is 7.86. The first kappa shape index (κ1) is 17.1. The molecule has 4 nitrogen and oxygen atoms in total. The maximum Gasteiger partial charge on any atom is 0.227 e. The Morgan fingerprint density at radius 2 is 2.08 bits per heavy atom. The Morgan fingerprint density at radius 3 is 2.79 bits per heavy atom. The van der Waals surface area contributed by atoms with Gasteiger partial charge in [-0.2, -0.15) is 0 Å². The molecule has 3 unspecified atom stereocenters. The van der Waals surface area contributed by atoms with Gasteiger partial charge in [0.1, 0.15) is 0 Å². The zero-order valence-electron chi connectivity index (χ0n) is 14.5. The molecular formula is C19H25N3OS. The van der Waals surface area contributed by atoms with Crippen LogP contribution in [0.3, 0.4) is 0 Å². The molecule has 1 heterocycles. The fourth-order valence-corrected chi connectivity index (χ4v) is 4.63. The molecule has 1 aromatic carbocycles. The highest BCUT2D eigenvalue weighted by Crippen LogP contribution is 2.38. The van der Waals surface area contributed by atoms with Gasteiger partial charge in [0.05, 0.1) is 27.5 Å². The Kier molecular flexibility index (Phi) is 5.01. The first-order chi connectivity index (χ1) is 11.5. The molecule has 128 valence electrons. The molecule has 0 saturated heterocycles. The van der Waals surface area contributed by atoms with Crippen LogP contribution in [0.15, 0.2) is 30.3 Å². The summed E-state index contributed by atoms with van der Waals surface area (Å²) in [6, 6.07) is 9.71. The lowest BCUT2D eigenvalue weighted by Gasteiger charge is -2.33. The van der Waals surface area contributed by atoms with Gasteiger partial charge in [0.2, 0.25) is 5.91 Å². The maximum absolute atomic E-state index is 13.0. The molecule has 24 heavy (non-hydrogen) atoms. The summed E-state index contributed by atoms with van der Waals surface area (Å²) in [5.74, 6) is -0.146. The molecule has 3 rings (SSSR count). The average Bonchev–Trinajstić information content (AvgIpc) is 3.00. The third-order valence-electron chi connectivity index (χ3n) is 4.96. The van der Waals surface area contributed by atoms with E-state index in [2.05, 4.69) is 4.98 Å². The Balaban J connectivity index is 1.77. The smallest absolute Gasteiger partial charge is 0.227 e. The summed E-state index contributed by atoms with van der Waals surface area (Å²) in [6.07, 6.45) is 3.11. The Morgan fingerprint density at radius 1 is 1.38 bits per heavy atom. The maximum atomic E-state index is 13.0. The lowest BCUT2D eigenvalue weighted by Crippen LogP contribution is -2.39. The molecule has 0 bridgehead atoms. The van der Waals surface area contributed by atoms with Gasteiger partial charge in [0.15, 0.2) is 0 Å². The number of aryl methyl sites for hydroxylation is 2. The van der Waals surface area contributed by atoms with Crippen LogP contribution in [0.5, 0.6) is 0 Å². The lowest BCUT2D eigenvalue weighted by atomic mass is 9.92. The summed E-state index contributed by atoms with van der Waals surface area (Å²) in [7, 11) is 1.91. The van der Waals surface area contributed by atoms with E-state index >= 15 is 0 Å². The van der Waals surface area contributed by atoms with Crippen LogP contribution >= 0.6 is 11.3 Å². The van der Waals surface area contributed by atoms with Gasteiger partial charge in [0.25, 0.3) is 0 Å². The van der Waals surface area contributed by atoms with E-state index in [1.165, 1.54) is 10.6 Å².